The van der Waals surface area contributed by atoms with Gasteiger partial charge in [0, 0.05) is 9.75 Å². The van der Waals surface area contributed by atoms with Crippen LogP contribution in [-0.4, -0.2) is 18.7 Å². The number of ether oxygens (including phenoxy) is 1. The molecule has 1 rings (SSSR count). The first kappa shape index (κ1) is 15.3. The third-order valence-electron chi connectivity index (χ3n) is 1.92. The van der Waals surface area contributed by atoms with E-state index < -0.39 is 18.2 Å². The van der Waals surface area contributed by atoms with Gasteiger partial charge < -0.3 is 10.5 Å². The third-order valence-corrected chi connectivity index (χ3v) is 3.02. The maximum Gasteiger partial charge on any atom is 0.342 e. The van der Waals surface area contributed by atoms with Gasteiger partial charge in [0.25, 0.3) is 0 Å². The fraction of sp³-hybridized carbons (Fsp3) is 0.500. The third kappa shape index (κ3) is 3.73. The molecule has 0 saturated heterocycles. The lowest BCUT2D eigenvalue weighted by Gasteiger charge is -2.13. The maximum absolute atomic E-state index is 13.5. The van der Waals surface area contributed by atoms with Crippen LogP contribution < -0.4 is 5.73 Å². The van der Waals surface area contributed by atoms with Gasteiger partial charge in [-0.15, -0.1) is 23.7 Å². The van der Waals surface area contributed by atoms with Crippen LogP contribution in [0.25, 0.3) is 0 Å². The maximum atomic E-state index is 13.5. The van der Waals surface area contributed by atoms with Crippen LogP contribution in [0.3, 0.4) is 0 Å². The van der Waals surface area contributed by atoms with E-state index >= 15 is 0 Å². The second-order valence-electron chi connectivity index (χ2n) is 3.13. The molecule has 0 aliphatic carbocycles. The van der Waals surface area contributed by atoms with Crippen molar-refractivity contribution >= 4 is 29.7 Å². The quantitative estimate of drug-likeness (QED) is 0.852. The first-order chi connectivity index (χ1) is 7.06. The average Bonchev–Trinajstić information content (AvgIpc) is 2.63. The van der Waals surface area contributed by atoms with Crippen LogP contribution in [0.4, 0.5) is 4.39 Å². The molecule has 1 unspecified atom stereocenters. The van der Waals surface area contributed by atoms with Gasteiger partial charge >= 0.3 is 5.97 Å². The minimum Gasteiger partial charge on any atom is -0.464 e. The van der Waals surface area contributed by atoms with Gasteiger partial charge in [0.05, 0.1) is 12.6 Å². The lowest BCUT2D eigenvalue weighted by atomic mass is 10.1. The molecule has 1 aromatic rings. The molecule has 3 nitrogen and oxygen atoms in total. The number of halogens is 2. The van der Waals surface area contributed by atoms with E-state index in [2.05, 4.69) is 4.74 Å². The van der Waals surface area contributed by atoms with Crippen molar-refractivity contribution in [3.8, 4) is 0 Å². The van der Waals surface area contributed by atoms with Crippen molar-refractivity contribution in [3.05, 3.63) is 21.9 Å². The highest BCUT2D eigenvalue weighted by molar-refractivity contribution is 7.12. The van der Waals surface area contributed by atoms with Crippen LogP contribution in [0.1, 0.15) is 22.7 Å². The van der Waals surface area contributed by atoms with E-state index in [4.69, 9.17) is 5.73 Å². The molecule has 0 radical (unpaired) electrons. The molecule has 0 spiro atoms. The second-order valence-corrected chi connectivity index (χ2v) is 4.45. The lowest BCUT2D eigenvalue weighted by Crippen LogP contribution is -2.30. The van der Waals surface area contributed by atoms with Crippen LogP contribution >= 0.6 is 23.7 Å². The molecule has 0 fully saturated rings. The molecule has 1 aromatic heterocycles. The van der Waals surface area contributed by atoms with Gasteiger partial charge in [0.2, 0.25) is 6.17 Å². The van der Waals surface area contributed by atoms with Crippen LogP contribution in [0.2, 0.25) is 0 Å². The first-order valence-electron chi connectivity index (χ1n) is 4.69. The van der Waals surface area contributed by atoms with Gasteiger partial charge in [0.1, 0.15) is 0 Å². The summed E-state index contributed by atoms with van der Waals surface area (Å²) in [6, 6.07) is 2.65. The summed E-state index contributed by atoms with van der Waals surface area (Å²) in [6.45, 7) is 3.69. The molecule has 0 bridgehead atoms. The van der Waals surface area contributed by atoms with Crippen LogP contribution in [0, 0.1) is 6.92 Å². The number of hydrogen-bond acceptors (Lipinski definition) is 4. The summed E-state index contributed by atoms with van der Waals surface area (Å²) < 4.78 is 18.0. The molecular formula is C10H15ClFNO2S. The smallest absolute Gasteiger partial charge is 0.342 e. The summed E-state index contributed by atoms with van der Waals surface area (Å²) >= 11 is 1.39. The van der Waals surface area contributed by atoms with Crippen LogP contribution in [0.15, 0.2) is 12.1 Å². The molecule has 0 saturated carbocycles. The van der Waals surface area contributed by atoms with Crippen LogP contribution in [-0.2, 0) is 9.53 Å². The summed E-state index contributed by atoms with van der Waals surface area (Å²) in [5, 5.41) is 0. The van der Waals surface area contributed by atoms with Gasteiger partial charge in [-0.3, -0.25) is 0 Å². The molecule has 0 amide bonds. The van der Waals surface area contributed by atoms with E-state index in [1.165, 1.54) is 11.3 Å². The number of hydrogen-bond donors (Lipinski definition) is 1. The Morgan fingerprint density at radius 2 is 2.25 bits per heavy atom. The monoisotopic (exact) mass is 267 g/mol. The Hall–Kier alpha value is -0.650. The molecule has 1 heterocycles. The Bertz CT molecular complexity index is 345. The Labute approximate surface area is 104 Å². The average molecular weight is 268 g/mol. The van der Waals surface area contributed by atoms with Crippen molar-refractivity contribution in [2.45, 2.75) is 26.1 Å². The summed E-state index contributed by atoms with van der Waals surface area (Å²) in [4.78, 5) is 12.8. The number of carbonyl (C=O) groups is 1. The van der Waals surface area contributed by atoms with Crippen LogP contribution in [0.5, 0.6) is 0 Å². The van der Waals surface area contributed by atoms with Crippen molar-refractivity contribution in [3.63, 3.8) is 0 Å². The van der Waals surface area contributed by atoms with Gasteiger partial charge in [-0.25, -0.2) is 9.18 Å². The van der Waals surface area contributed by atoms with Gasteiger partial charge in [-0.1, -0.05) is 0 Å². The van der Waals surface area contributed by atoms with E-state index in [9.17, 15) is 9.18 Å². The molecule has 16 heavy (non-hydrogen) atoms. The summed E-state index contributed by atoms with van der Waals surface area (Å²) in [7, 11) is 0. The molecule has 6 heteroatoms. The van der Waals surface area contributed by atoms with Gasteiger partial charge in [-0.05, 0) is 26.0 Å². The standard InChI is InChI=1S/C10H14FNO2S.ClH/c1-3-14-10(13)8(11)9(12)7-5-4-6(2)15-7;/h4-5,8-9H,3,12H2,1-2H3;1H/t8?,9-;/m0./s1. The first-order valence-corrected chi connectivity index (χ1v) is 5.50. The zero-order valence-corrected chi connectivity index (χ0v) is 10.7. The van der Waals surface area contributed by atoms with Crippen molar-refractivity contribution in [1.82, 2.24) is 0 Å². The molecule has 0 aromatic carbocycles. The zero-order valence-electron chi connectivity index (χ0n) is 9.10. The van der Waals surface area contributed by atoms with E-state index in [-0.39, 0.29) is 19.0 Å². The van der Waals surface area contributed by atoms with E-state index in [0.29, 0.717) is 4.88 Å². The van der Waals surface area contributed by atoms with Crippen molar-refractivity contribution < 1.29 is 13.9 Å². The van der Waals surface area contributed by atoms with E-state index in [0.717, 1.165) is 4.88 Å². The Kier molecular flexibility index (Phi) is 6.55. The highest BCUT2D eigenvalue weighted by Crippen LogP contribution is 2.25. The fourth-order valence-corrected chi connectivity index (χ4v) is 2.04. The van der Waals surface area contributed by atoms with Crippen molar-refractivity contribution in [2.75, 3.05) is 6.61 Å². The summed E-state index contributed by atoms with van der Waals surface area (Å²) in [5.74, 6) is -0.893. The van der Waals surface area contributed by atoms with Crippen molar-refractivity contribution in [1.29, 1.82) is 0 Å². The normalized spacial score (nSPS) is 13.8. The number of alkyl halides is 1. The number of esters is 1. The Balaban J connectivity index is 0.00000225. The van der Waals surface area contributed by atoms with Crippen molar-refractivity contribution in [2.24, 2.45) is 5.73 Å². The van der Waals surface area contributed by atoms with E-state index in [1.807, 2.05) is 13.0 Å². The Morgan fingerprint density at radius 1 is 1.62 bits per heavy atom. The zero-order chi connectivity index (χ0) is 11.4. The molecule has 92 valence electrons. The number of thiophene rings is 1. The molecule has 2 atom stereocenters. The minimum atomic E-state index is -1.79. The topological polar surface area (TPSA) is 52.3 Å². The van der Waals surface area contributed by atoms with Gasteiger partial charge in [-0.2, -0.15) is 0 Å². The largest absolute Gasteiger partial charge is 0.464 e. The SMILES string of the molecule is CCOC(=O)C(F)[C@@H](N)c1ccc(C)s1.Cl. The number of aryl methyl sites for hydroxylation is 1. The number of nitrogens with two attached hydrogens (primary N) is 1. The predicted molar refractivity (Wildman–Crippen MR) is 64.8 cm³/mol. The Morgan fingerprint density at radius 3 is 2.69 bits per heavy atom. The molecule has 0 aliphatic heterocycles. The number of rotatable bonds is 4. The predicted octanol–water partition coefficient (Wildman–Crippen LogP) is 2.38. The van der Waals surface area contributed by atoms with E-state index in [1.54, 1.807) is 13.0 Å². The fourth-order valence-electron chi connectivity index (χ4n) is 1.15. The molecule has 0 aliphatic rings. The number of carbonyl (C=O) groups excluding carboxylic acids is 1. The van der Waals surface area contributed by atoms with Gasteiger partial charge in [0.15, 0.2) is 0 Å². The summed E-state index contributed by atoms with van der Waals surface area (Å²) in [5.41, 5.74) is 5.62. The lowest BCUT2D eigenvalue weighted by molar-refractivity contribution is -0.149. The highest BCUT2D eigenvalue weighted by Gasteiger charge is 2.28. The second kappa shape index (κ2) is 6.83. The minimum absolute atomic E-state index is 0. The highest BCUT2D eigenvalue weighted by atomic mass is 35.5. The molecule has 2 N–H and O–H groups in total. The molecular weight excluding hydrogens is 253 g/mol. The summed E-state index contributed by atoms with van der Waals surface area (Å²) in [6.07, 6.45) is -1.79.